The van der Waals surface area contributed by atoms with Gasteiger partial charge in [0.05, 0.1) is 5.92 Å². The van der Waals surface area contributed by atoms with Gasteiger partial charge < -0.3 is 9.64 Å². The lowest BCUT2D eigenvalue weighted by atomic mass is 9.98. The van der Waals surface area contributed by atoms with E-state index in [0.29, 0.717) is 31.5 Å². The maximum atomic E-state index is 13.2. The van der Waals surface area contributed by atoms with Crippen molar-refractivity contribution < 1.29 is 22.7 Å². The van der Waals surface area contributed by atoms with Crippen LogP contribution in [-0.2, 0) is 24.3 Å². The van der Waals surface area contributed by atoms with Crippen LogP contribution in [0.4, 0.5) is 0 Å². The van der Waals surface area contributed by atoms with Crippen LogP contribution in [0.25, 0.3) is 0 Å². The quantitative estimate of drug-likeness (QED) is 0.601. The van der Waals surface area contributed by atoms with Gasteiger partial charge in [-0.2, -0.15) is 4.31 Å². The molecule has 4 rings (SSSR count). The third kappa shape index (κ3) is 5.42. The zero-order valence-corrected chi connectivity index (χ0v) is 19.3. The van der Waals surface area contributed by atoms with Crippen LogP contribution >= 0.6 is 0 Å². The molecule has 0 radical (unpaired) electrons. The molecular formula is C24H29N3O5S. The third-order valence-electron chi connectivity index (χ3n) is 6.29. The van der Waals surface area contributed by atoms with Gasteiger partial charge in [0.2, 0.25) is 16.1 Å². The first-order valence-corrected chi connectivity index (χ1v) is 12.9. The molecule has 176 valence electrons. The minimum absolute atomic E-state index is 0.141. The van der Waals surface area contributed by atoms with Crippen LogP contribution in [0.3, 0.4) is 0 Å². The average molecular weight is 472 g/mol. The molecule has 0 bridgehead atoms. The summed E-state index contributed by atoms with van der Waals surface area (Å²) in [7, 11) is -3.65. The first kappa shape index (κ1) is 23.4. The van der Waals surface area contributed by atoms with Crippen molar-refractivity contribution in [1.29, 1.82) is 0 Å². The summed E-state index contributed by atoms with van der Waals surface area (Å²) in [5.41, 5.74) is 0.651. The predicted octanol–water partition coefficient (Wildman–Crippen LogP) is 2.78. The number of ether oxygens (including phenoxy) is 1. The van der Waals surface area contributed by atoms with Crippen molar-refractivity contribution in [2.24, 2.45) is 5.92 Å². The van der Waals surface area contributed by atoms with Gasteiger partial charge in [0.15, 0.2) is 0 Å². The number of rotatable bonds is 6. The lowest BCUT2D eigenvalue weighted by Crippen LogP contribution is -2.43. The SMILES string of the molecule is O=C(OC(C(=O)N1CCCCC1)c1ccccc1)C1CCN(S(=O)(=O)c2cccnc2)CC1. The Morgan fingerprint density at radius 2 is 1.64 bits per heavy atom. The highest BCUT2D eigenvalue weighted by Crippen LogP contribution is 2.28. The van der Waals surface area contributed by atoms with Crippen LogP contribution in [0, 0.1) is 5.92 Å². The molecule has 1 aromatic heterocycles. The van der Waals surface area contributed by atoms with Crippen LogP contribution in [0.2, 0.25) is 0 Å². The summed E-state index contributed by atoms with van der Waals surface area (Å²) < 4.78 is 32.8. The highest BCUT2D eigenvalue weighted by Gasteiger charge is 2.36. The molecule has 2 aliphatic rings. The maximum Gasteiger partial charge on any atom is 0.310 e. The molecule has 2 aromatic rings. The molecule has 2 fully saturated rings. The molecule has 1 amide bonds. The molecular weight excluding hydrogens is 442 g/mol. The Morgan fingerprint density at radius 1 is 0.939 bits per heavy atom. The molecule has 0 aliphatic carbocycles. The highest BCUT2D eigenvalue weighted by atomic mass is 32.2. The third-order valence-corrected chi connectivity index (χ3v) is 8.17. The Kier molecular flexibility index (Phi) is 7.39. The van der Waals surface area contributed by atoms with Gasteiger partial charge in [-0.05, 0) is 44.2 Å². The van der Waals surface area contributed by atoms with Gasteiger partial charge in [-0.25, -0.2) is 8.42 Å². The Balaban J connectivity index is 1.42. The van der Waals surface area contributed by atoms with Crippen molar-refractivity contribution in [3.8, 4) is 0 Å². The van der Waals surface area contributed by atoms with Crippen molar-refractivity contribution in [3.05, 3.63) is 60.4 Å². The number of hydrogen-bond donors (Lipinski definition) is 0. The fraction of sp³-hybridized carbons (Fsp3) is 0.458. The molecule has 1 unspecified atom stereocenters. The second-order valence-corrected chi connectivity index (χ2v) is 10.4. The van der Waals surface area contributed by atoms with E-state index >= 15 is 0 Å². The zero-order valence-electron chi connectivity index (χ0n) is 18.5. The summed E-state index contributed by atoms with van der Waals surface area (Å²) in [5, 5.41) is 0. The van der Waals surface area contributed by atoms with Gasteiger partial charge in [0.25, 0.3) is 5.91 Å². The van der Waals surface area contributed by atoms with Gasteiger partial charge in [0.1, 0.15) is 4.90 Å². The number of sulfonamides is 1. The van der Waals surface area contributed by atoms with Crippen molar-refractivity contribution in [2.75, 3.05) is 26.2 Å². The van der Waals surface area contributed by atoms with Crippen molar-refractivity contribution in [1.82, 2.24) is 14.2 Å². The summed E-state index contributed by atoms with van der Waals surface area (Å²) in [5.74, 6) is -1.09. The largest absolute Gasteiger partial charge is 0.447 e. The number of piperidine rings is 2. The van der Waals surface area contributed by atoms with E-state index in [4.69, 9.17) is 4.74 Å². The van der Waals surface area contributed by atoms with Crippen LogP contribution in [0.15, 0.2) is 59.8 Å². The molecule has 0 N–H and O–H groups in total. The van der Waals surface area contributed by atoms with E-state index in [2.05, 4.69) is 4.98 Å². The van der Waals surface area contributed by atoms with E-state index in [1.807, 2.05) is 18.2 Å². The highest BCUT2D eigenvalue weighted by molar-refractivity contribution is 7.89. The van der Waals surface area contributed by atoms with Gasteiger partial charge in [0, 0.05) is 44.1 Å². The van der Waals surface area contributed by atoms with Gasteiger partial charge in [-0.15, -0.1) is 0 Å². The van der Waals surface area contributed by atoms with E-state index < -0.39 is 28.0 Å². The number of hydrogen-bond acceptors (Lipinski definition) is 6. The second-order valence-electron chi connectivity index (χ2n) is 8.48. The lowest BCUT2D eigenvalue weighted by Gasteiger charge is -2.33. The first-order chi connectivity index (χ1) is 16.0. The minimum Gasteiger partial charge on any atom is -0.447 e. The fourth-order valence-corrected chi connectivity index (χ4v) is 5.80. The number of amides is 1. The average Bonchev–Trinajstić information content (AvgIpc) is 2.88. The Hall–Kier alpha value is -2.78. The number of aromatic nitrogens is 1. The molecule has 3 heterocycles. The fourth-order valence-electron chi connectivity index (χ4n) is 4.36. The molecule has 9 heteroatoms. The molecule has 1 aromatic carbocycles. The first-order valence-electron chi connectivity index (χ1n) is 11.4. The van der Waals surface area contributed by atoms with Crippen molar-refractivity contribution in [2.45, 2.75) is 43.1 Å². The van der Waals surface area contributed by atoms with E-state index in [-0.39, 0.29) is 23.9 Å². The monoisotopic (exact) mass is 471 g/mol. The topological polar surface area (TPSA) is 96.9 Å². The number of pyridine rings is 1. The van der Waals surface area contributed by atoms with Crippen LogP contribution in [-0.4, -0.2) is 60.7 Å². The van der Waals surface area contributed by atoms with Gasteiger partial charge in [-0.1, -0.05) is 30.3 Å². The van der Waals surface area contributed by atoms with Gasteiger partial charge >= 0.3 is 5.97 Å². The number of esters is 1. The van der Waals surface area contributed by atoms with Crippen LogP contribution in [0.5, 0.6) is 0 Å². The molecule has 1 atom stereocenters. The standard InChI is InChI=1S/C24H29N3O5S/c28-23(26-14-5-2-6-15-26)22(19-8-3-1-4-9-19)32-24(29)20-11-16-27(17-12-20)33(30,31)21-10-7-13-25-18-21/h1,3-4,7-10,13,18,20,22H,2,5-6,11-12,14-17H2. The number of carbonyl (C=O) groups is 2. The number of benzene rings is 1. The number of carbonyl (C=O) groups excluding carboxylic acids is 2. The Morgan fingerprint density at radius 3 is 2.27 bits per heavy atom. The molecule has 2 saturated heterocycles. The minimum atomic E-state index is -3.65. The zero-order chi connectivity index (χ0) is 23.3. The molecule has 0 spiro atoms. The van der Waals surface area contributed by atoms with Crippen molar-refractivity contribution >= 4 is 21.9 Å². The number of nitrogens with zero attached hydrogens (tertiary/aromatic N) is 3. The second kappa shape index (κ2) is 10.4. The molecule has 0 saturated carbocycles. The Bertz CT molecular complexity index is 1050. The Labute approximate surface area is 194 Å². The summed E-state index contributed by atoms with van der Waals surface area (Å²) in [6, 6.07) is 12.2. The maximum absolute atomic E-state index is 13.2. The normalized spacial score (nSPS) is 19.1. The number of likely N-dealkylation sites (tertiary alicyclic amines) is 1. The van der Waals surface area contributed by atoms with Crippen LogP contribution < -0.4 is 0 Å². The van der Waals surface area contributed by atoms with E-state index in [0.717, 1.165) is 19.3 Å². The van der Waals surface area contributed by atoms with Crippen LogP contribution in [0.1, 0.15) is 43.8 Å². The summed E-state index contributed by atoms with van der Waals surface area (Å²) in [6.07, 6.45) is 5.56. The van der Waals surface area contributed by atoms with E-state index in [9.17, 15) is 18.0 Å². The predicted molar refractivity (Wildman–Crippen MR) is 121 cm³/mol. The van der Waals surface area contributed by atoms with E-state index in [1.165, 1.54) is 22.8 Å². The molecule has 2 aliphatic heterocycles. The summed E-state index contributed by atoms with van der Waals surface area (Å²) in [6.45, 7) is 1.77. The molecule has 8 nitrogen and oxygen atoms in total. The summed E-state index contributed by atoms with van der Waals surface area (Å²) in [4.78, 5) is 32.0. The molecule has 33 heavy (non-hydrogen) atoms. The van der Waals surface area contributed by atoms with Crippen molar-refractivity contribution in [3.63, 3.8) is 0 Å². The summed E-state index contributed by atoms with van der Waals surface area (Å²) >= 11 is 0. The van der Waals surface area contributed by atoms with Gasteiger partial charge in [-0.3, -0.25) is 14.6 Å². The van der Waals surface area contributed by atoms with E-state index in [1.54, 1.807) is 23.1 Å². The smallest absolute Gasteiger partial charge is 0.310 e. The lowest BCUT2D eigenvalue weighted by molar-refractivity contribution is -0.165.